The minimum absolute atomic E-state index is 0.00942. The van der Waals surface area contributed by atoms with Gasteiger partial charge in [-0.2, -0.15) is 11.8 Å². The molecule has 1 saturated heterocycles. The summed E-state index contributed by atoms with van der Waals surface area (Å²) < 4.78 is 0. The normalized spacial score (nSPS) is 18.5. The number of benzene rings is 1. The maximum atomic E-state index is 12.3. The van der Waals surface area contributed by atoms with Gasteiger partial charge in [0, 0.05) is 22.9 Å². The molecule has 1 aromatic carbocycles. The molecule has 0 radical (unpaired) electrons. The third-order valence-corrected chi connectivity index (χ3v) is 5.74. The van der Waals surface area contributed by atoms with E-state index in [0.29, 0.717) is 17.3 Å². The minimum Gasteiger partial charge on any atom is -0.481 e. The molecule has 2 rings (SSSR count). The number of halogens is 1. The highest BCUT2D eigenvalue weighted by Crippen LogP contribution is 2.28. The van der Waals surface area contributed by atoms with E-state index in [2.05, 4.69) is 0 Å². The van der Waals surface area contributed by atoms with Crippen molar-refractivity contribution in [2.75, 3.05) is 23.8 Å². The van der Waals surface area contributed by atoms with Crippen molar-refractivity contribution in [1.29, 1.82) is 0 Å². The highest BCUT2D eigenvalue weighted by Gasteiger charge is 2.28. The summed E-state index contributed by atoms with van der Waals surface area (Å²) in [5, 5.41) is 9.57. The standard InChI is InChI=1S/C14H16ClNO3S2/c15-11-3-1-2-4-12(11)21-9-13(17)16-5-6-20-8-10(16)7-14(18)19/h1-4,10H,5-9H2,(H,18,19). The Morgan fingerprint density at radius 1 is 1.43 bits per heavy atom. The molecule has 0 saturated carbocycles. The van der Waals surface area contributed by atoms with Crippen molar-refractivity contribution < 1.29 is 14.7 Å². The average Bonchev–Trinajstić information content (AvgIpc) is 2.46. The average molecular weight is 346 g/mol. The van der Waals surface area contributed by atoms with Crippen LogP contribution in [0.4, 0.5) is 0 Å². The summed E-state index contributed by atoms with van der Waals surface area (Å²) in [4.78, 5) is 25.8. The summed E-state index contributed by atoms with van der Waals surface area (Å²) in [5.41, 5.74) is 0. The van der Waals surface area contributed by atoms with Crippen molar-refractivity contribution in [2.24, 2.45) is 0 Å². The van der Waals surface area contributed by atoms with E-state index < -0.39 is 5.97 Å². The first-order valence-corrected chi connectivity index (χ1v) is 9.06. The third-order valence-electron chi connectivity index (χ3n) is 3.15. The van der Waals surface area contributed by atoms with Gasteiger partial charge in [-0.1, -0.05) is 23.7 Å². The Balaban J connectivity index is 1.94. The van der Waals surface area contributed by atoms with E-state index in [1.807, 2.05) is 18.2 Å². The van der Waals surface area contributed by atoms with Crippen molar-refractivity contribution in [3.8, 4) is 0 Å². The molecule has 0 aliphatic carbocycles. The first-order chi connectivity index (χ1) is 10.1. The molecule has 1 fully saturated rings. The van der Waals surface area contributed by atoms with E-state index in [1.54, 1.807) is 22.7 Å². The molecule has 0 spiro atoms. The van der Waals surface area contributed by atoms with Crippen molar-refractivity contribution in [3.63, 3.8) is 0 Å². The fourth-order valence-electron chi connectivity index (χ4n) is 2.14. The van der Waals surface area contributed by atoms with Crippen LogP contribution >= 0.6 is 35.1 Å². The largest absolute Gasteiger partial charge is 0.481 e. The predicted molar refractivity (Wildman–Crippen MR) is 87.3 cm³/mol. The van der Waals surface area contributed by atoms with E-state index in [9.17, 15) is 9.59 Å². The van der Waals surface area contributed by atoms with Crippen LogP contribution in [0.1, 0.15) is 6.42 Å². The van der Waals surface area contributed by atoms with Crippen LogP contribution in [-0.4, -0.2) is 51.7 Å². The quantitative estimate of drug-likeness (QED) is 0.831. The number of hydrogen-bond acceptors (Lipinski definition) is 4. The second kappa shape index (κ2) is 7.96. The number of amides is 1. The van der Waals surface area contributed by atoms with Gasteiger partial charge in [0.2, 0.25) is 5.91 Å². The molecule has 4 nitrogen and oxygen atoms in total. The SMILES string of the molecule is O=C(O)CC1CSCCN1C(=O)CSc1ccccc1Cl. The van der Waals surface area contributed by atoms with Crippen LogP contribution in [0.25, 0.3) is 0 Å². The molecule has 1 N–H and O–H groups in total. The lowest BCUT2D eigenvalue weighted by Crippen LogP contribution is -2.47. The molecule has 1 amide bonds. The summed E-state index contributed by atoms with van der Waals surface area (Å²) in [6.07, 6.45) is 0.00942. The molecular formula is C14H16ClNO3S2. The van der Waals surface area contributed by atoms with Gasteiger partial charge in [0.1, 0.15) is 0 Å². The van der Waals surface area contributed by atoms with E-state index in [4.69, 9.17) is 16.7 Å². The maximum Gasteiger partial charge on any atom is 0.305 e. The van der Waals surface area contributed by atoms with Gasteiger partial charge >= 0.3 is 5.97 Å². The molecule has 1 aliphatic rings. The second-order valence-electron chi connectivity index (χ2n) is 4.63. The Hall–Kier alpha value is -0.850. The van der Waals surface area contributed by atoms with Crippen LogP contribution in [0.3, 0.4) is 0 Å². The first kappa shape index (κ1) is 16.5. The van der Waals surface area contributed by atoms with Crippen molar-refractivity contribution in [2.45, 2.75) is 17.4 Å². The number of carboxylic acids is 1. The highest BCUT2D eigenvalue weighted by atomic mass is 35.5. The molecule has 7 heteroatoms. The fourth-order valence-corrected chi connectivity index (χ4v) is 4.33. The number of hydrogen-bond donors (Lipinski definition) is 1. The zero-order valence-electron chi connectivity index (χ0n) is 11.3. The minimum atomic E-state index is -0.862. The van der Waals surface area contributed by atoms with Gasteiger partial charge < -0.3 is 10.0 Å². The summed E-state index contributed by atoms with van der Waals surface area (Å²) in [6.45, 7) is 0.616. The van der Waals surface area contributed by atoms with Gasteiger partial charge in [-0.25, -0.2) is 0 Å². The summed E-state index contributed by atoms with van der Waals surface area (Å²) in [5.74, 6) is 0.948. The Morgan fingerprint density at radius 2 is 2.19 bits per heavy atom. The zero-order chi connectivity index (χ0) is 15.2. The lowest BCUT2D eigenvalue weighted by molar-refractivity contribution is -0.139. The van der Waals surface area contributed by atoms with Crippen LogP contribution in [0.15, 0.2) is 29.2 Å². The van der Waals surface area contributed by atoms with Gasteiger partial charge in [0.15, 0.2) is 0 Å². The Labute approximate surface area is 137 Å². The molecule has 1 aromatic rings. The Morgan fingerprint density at radius 3 is 2.90 bits per heavy atom. The number of carbonyl (C=O) groups is 2. The molecule has 0 bridgehead atoms. The van der Waals surface area contributed by atoms with Gasteiger partial charge in [0.25, 0.3) is 0 Å². The Bertz CT molecular complexity index is 527. The maximum absolute atomic E-state index is 12.3. The smallest absolute Gasteiger partial charge is 0.305 e. The lowest BCUT2D eigenvalue weighted by Gasteiger charge is -2.34. The molecule has 1 aliphatic heterocycles. The predicted octanol–water partition coefficient (Wildman–Crippen LogP) is 2.85. The van der Waals surface area contributed by atoms with Gasteiger partial charge in [-0.05, 0) is 12.1 Å². The summed E-state index contributed by atoms with van der Waals surface area (Å²) in [6, 6.07) is 7.18. The van der Waals surface area contributed by atoms with Gasteiger partial charge in [-0.3, -0.25) is 9.59 Å². The van der Waals surface area contributed by atoms with Gasteiger partial charge in [-0.15, -0.1) is 11.8 Å². The van der Waals surface area contributed by atoms with E-state index in [0.717, 1.165) is 10.6 Å². The number of rotatable bonds is 5. The number of carboxylic acid groups (broad SMARTS) is 1. The molecule has 21 heavy (non-hydrogen) atoms. The fraction of sp³-hybridized carbons (Fsp3) is 0.429. The van der Waals surface area contributed by atoms with E-state index in [-0.39, 0.29) is 24.1 Å². The van der Waals surface area contributed by atoms with Crippen LogP contribution in [-0.2, 0) is 9.59 Å². The molecule has 114 valence electrons. The highest BCUT2D eigenvalue weighted by molar-refractivity contribution is 8.00. The molecule has 1 heterocycles. The molecular weight excluding hydrogens is 330 g/mol. The zero-order valence-corrected chi connectivity index (χ0v) is 13.7. The van der Waals surface area contributed by atoms with Crippen LogP contribution in [0, 0.1) is 0 Å². The monoisotopic (exact) mass is 345 g/mol. The Kier molecular flexibility index (Phi) is 6.26. The summed E-state index contributed by atoms with van der Waals surface area (Å²) >= 11 is 9.15. The lowest BCUT2D eigenvalue weighted by atomic mass is 10.2. The summed E-state index contributed by atoms with van der Waals surface area (Å²) in [7, 11) is 0. The van der Waals surface area contributed by atoms with Crippen LogP contribution < -0.4 is 0 Å². The van der Waals surface area contributed by atoms with Crippen LogP contribution in [0.2, 0.25) is 5.02 Å². The topological polar surface area (TPSA) is 57.6 Å². The first-order valence-electron chi connectivity index (χ1n) is 6.54. The number of thioether (sulfide) groups is 2. The second-order valence-corrected chi connectivity index (χ2v) is 7.21. The van der Waals surface area contributed by atoms with Crippen molar-refractivity contribution in [3.05, 3.63) is 29.3 Å². The number of nitrogens with zero attached hydrogens (tertiary/aromatic N) is 1. The van der Waals surface area contributed by atoms with Crippen molar-refractivity contribution in [1.82, 2.24) is 4.90 Å². The number of aliphatic carboxylic acids is 1. The number of carbonyl (C=O) groups excluding carboxylic acids is 1. The van der Waals surface area contributed by atoms with Crippen molar-refractivity contribution >= 4 is 47.0 Å². The van der Waals surface area contributed by atoms with Gasteiger partial charge in [0.05, 0.1) is 23.2 Å². The van der Waals surface area contributed by atoms with E-state index in [1.165, 1.54) is 11.8 Å². The molecule has 1 atom stereocenters. The molecule has 1 unspecified atom stereocenters. The molecule has 0 aromatic heterocycles. The third kappa shape index (κ3) is 4.83. The van der Waals surface area contributed by atoms with E-state index >= 15 is 0 Å². The van der Waals surface area contributed by atoms with Crippen LogP contribution in [0.5, 0.6) is 0 Å².